The van der Waals surface area contributed by atoms with Crippen LogP contribution in [0.15, 0.2) is 48.5 Å². The Labute approximate surface area is 153 Å². The number of anilines is 2. The van der Waals surface area contributed by atoms with Crippen LogP contribution in [0.3, 0.4) is 0 Å². The van der Waals surface area contributed by atoms with Gasteiger partial charge in [-0.15, -0.1) is 11.3 Å². The molecule has 2 amide bonds. The van der Waals surface area contributed by atoms with Crippen molar-refractivity contribution in [1.82, 2.24) is 4.98 Å². The molecular formula is C19H15N3O3S. The zero-order valence-electron chi connectivity index (χ0n) is 13.9. The lowest BCUT2D eigenvalue weighted by Gasteiger charge is -2.23. The van der Waals surface area contributed by atoms with Gasteiger partial charge in [0.1, 0.15) is 10.8 Å². The van der Waals surface area contributed by atoms with Gasteiger partial charge in [-0.25, -0.2) is 4.98 Å². The fourth-order valence-corrected chi connectivity index (χ4v) is 3.45. The van der Waals surface area contributed by atoms with E-state index >= 15 is 0 Å². The maximum Gasteiger partial charge on any atom is 0.265 e. The first-order valence-corrected chi connectivity index (χ1v) is 8.86. The molecule has 6 nitrogen and oxygen atoms in total. The number of aromatic nitrogens is 1. The molecule has 0 saturated heterocycles. The van der Waals surface area contributed by atoms with E-state index in [4.69, 9.17) is 4.74 Å². The highest BCUT2D eigenvalue weighted by Gasteiger charge is 2.23. The number of nitrogens with zero attached hydrogens (tertiary/aromatic N) is 1. The minimum absolute atomic E-state index is 0.211. The lowest BCUT2D eigenvalue weighted by atomic mass is 10.2. The third kappa shape index (κ3) is 3.29. The van der Waals surface area contributed by atoms with Crippen molar-refractivity contribution < 1.29 is 14.3 Å². The number of carbonyl (C=O) groups is 2. The average molecular weight is 365 g/mol. The van der Waals surface area contributed by atoms with Crippen molar-refractivity contribution in [2.75, 3.05) is 10.6 Å². The van der Waals surface area contributed by atoms with E-state index in [0.29, 0.717) is 17.1 Å². The van der Waals surface area contributed by atoms with Gasteiger partial charge in [-0.1, -0.05) is 12.1 Å². The molecule has 1 aliphatic heterocycles. The summed E-state index contributed by atoms with van der Waals surface area (Å²) in [5.74, 6) is 0.0949. The number of rotatable bonds is 3. The van der Waals surface area contributed by atoms with Gasteiger partial charge in [0.25, 0.3) is 5.91 Å². The summed E-state index contributed by atoms with van der Waals surface area (Å²) in [6.45, 7) is 1.68. The van der Waals surface area contributed by atoms with E-state index in [2.05, 4.69) is 15.6 Å². The quantitative estimate of drug-likeness (QED) is 0.694. The van der Waals surface area contributed by atoms with Crippen LogP contribution in [0.5, 0.6) is 5.75 Å². The normalized spacial score (nSPS) is 16.2. The van der Waals surface area contributed by atoms with E-state index in [9.17, 15) is 9.59 Å². The Balaban J connectivity index is 1.46. The molecule has 1 aromatic heterocycles. The van der Waals surface area contributed by atoms with Crippen LogP contribution in [-0.4, -0.2) is 22.9 Å². The zero-order chi connectivity index (χ0) is 18.1. The van der Waals surface area contributed by atoms with Crippen LogP contribution in [0.4, 0.5) is 11.4 Å². The highest BCUT2D eigenvalue weighted by Crippen LogP contribution is 2.32. The van der Waals surface area contributed by atoms with E-state index < -0.39 is 6.10 Å². The van der Waals surface area contributed by atoms with Crippen LogP contribution in [0.2, 0.25) is 0 Å². The van der Waals surface area contributed by atoms with Gasteiger partial charge in [0.05, 0.1) is 15.9 Å². The number of hydrogen-bond acceptors (Lipinski definition) is 5. The number of nitrogens with one attached hydrogen (secondary N) is 2. The third-order valence-electron chi connectivity index (χ3n) is 3.87. The molecule has 1 aliphatic rings. The Bertz CT molecular complexity index is 1010. The van der Waals surface area contributed by atoms with Crippen molar-refractivity contribution in [2.45, 2.75) is 13.0 Å². The largest absolute Gasteiger partial charge is 0.479 e. The molecule has 4 rings (SSSR count). The molecule has 0 fully saturated rings. The average Bonchev–Trinajstić information content (AvgIpc) is 3.04. The molecule has 3 aromatic rings. The highest BCUT2D eigenvalue weighted by atomic mass is 32.1. The molecule has 7 heteroatoms. The molecule has 2 N–H and O–H groups in total. The molecule has 26 heavy (non-hydrogen) atoms. The Morgan fingerprint density at radius 1 is 1.31 bits per heavy atom. The second kappa shape index (κ2) is 6.61. The van der Waals surface area contributed by atoms with E-state index in [1.165, 1.54) is 17.4 Å². The number of para-hydroxylation sites is 1. The predicted octanol–water partition coefficient (Wildman–Crippen LogP) is 3.67. The summed E-state index contributed by atoms with van der Waals surface area (Å²) in [6, 6.07) is 12.9. The molecule has 0 saturated carbocycles. The number of ether oxygens (including phenoxy) is 1. The van der Waals surface area contributed by atoms with Gasteiger partial charge < -0.3 is 15.4 Å². The summed E-state index contributed by atoms with van der Waals surface area (Å²) in [5.41, 5.74) is 2.03. The van der Waals surface area contributed by atoms with E-state index in [1.54, 1.807) is 31.2 Å². The number of amides is 2. The predicted molar refractivity (Wildman–Crippen MR) is 102 cm³/mol. The van der Waals surface area contributed by atoms with Crippen LogP contribution < -0.4 is 15.4 Å². The van der Waals surface area contributed by atoms with Gasteiger partial charge in [0.2, 0.25) is 5.91 Å². The summed E-state index contributed by atoms with van der Waals surface area (Å²) >= 11 is 1.52. The number of carbonyl (C=O) groups excluding carboxylic acids is 2. The van der Waals surface area contributed by atoms with Crippen molar-refractivity contribution >= 4 is 50.8 Å². The van der Waals surface area contributed by atoms with Crippen molar-refractivity contribution in [3.8, 4) is 5.75 Å². The number of fused-ring (bicyclic) bond motifs is 2. The monoisotopic (exact) mass is 365 g/mol. The van der Waals surface area contributed by atoms with Crippen LogP contribution >= 0.6 is 11.3 Å². The van der Waals surface area contributed by atoms with E-state index in [1.807, 2.05) is 24.3 Å². The second-order valence-electron chi connectivity index (χ2n) is 5.80. The minimum Gasteiger partial charge on any atom is -0.479 e. The molecule has 0 spiro atoms. The Morgan fingerprint density at radius 3 is 3.00 bits per heavy atom. The fourth-order valence-electron chi connectivity index (χ4n) is 2.58. The lowest BCUT2D eigenvalue weighted by molar-refractivity contribution is -0.122. The Morgan fingerprint density at radius 2 is 2.15 bits per heavy atom. The second-order valence-corrected chi connectivity index (χ2v) is 6.86. The van der Waals surface area contributed by atoms with Gasteiger partial charge in [-0.05, 0) is 43.3 Å². The molecule has 0 bridgehead atoms. The maximum atomic E-state index is 12.1. The molecule has 2 aromatic carbocycles. The van der Waals surface area contributed by atoms with Crippen molar-refractivity contribution in [3.05, 3.63) is 53.5 Å². The van der Waals surface area contributed by atoms with Gasteiger partial charge >= 0.3 is 0 Å². The number of hydrogen-bond donors (Lipinski definition) is 2. The summed E-state index contributed by atoms with van der Waals surface area (Å²) in [7, 11) is 0. The summed E-state index contributed by atoms with van der Waals surface area (Å²) < 4.78 is 6.57. The molecule has 0 radical (unpaired) electrons. The number of benzene rings is 2. The highest BCUT2D eigenvalue weighted by molar-refractivity contribution is 7.19. The van der Waals surface area contributed by atoms with Gasteiger partial charge in [0.15, 0.2) is 6.10 Å². The van der Waals surface area contributed by atoms with Gasteiger partial charge in [0, 0.05) is 11.8 Å². The lowest BCUT2D eigenvalue weighted by Crippen LogP contribution is -2.34. The van der Waals surface area contributed by atoms with Gasteiger partial charge in [-0.3, -0.25) is 9.59 Å². The maximum absolute atomic E-state index is 12.1. The summed E-state index contributed by atoms with van der Waals surface area (Å²) in [5, 5.41) is 6.29. The molecular weight excluding hydrogens is 350 g/mol. The zero-order valence-corrected chi connectivity index (χ0v) is 14.7. The first kappa shape index (κ1) is 16.3. The van der Waals surface area contributed by atoms with Crippen molar-refractivity contribution in [1.29, 1.82) is 0 Å². The van der Waals surface area contributed by atoms with Crippen LogP contribution in [0.25, 0.3) is 16.3 Å². The third-order valence-corrected chi connectivity index (χ3v) is 4.87. The summed E-state index contributed by atoms with van der Waals surface area (Å²) in [6.07, 6.45) is 2.60. The SMILES string of the molecule is CC1Oc2ccc(NC(=O)C=Cc3nc4ccccc4s3)cc2NC1=O. The molecule has 1 atom stereocenters. The topological polar surface area (TPSA) is 80.3 Å². The van der Waals surface area contributed by atoms with Crippen molar-refractivity contribution in [3.63, 3.8) is 0 Å². The number of thiazole rings is 1. The molecule has 130 valence electrons. The van der Waals surface area contributed by atoms with Crippen LogP contribution in [0.1, 0.15) is 11.9 Å². The molecule has 0 aliphatic carbocycles. The van der Waals surface area contributed by atoms with E-state index in [-0.39, 0.29) is 11.8 Å². The summed E-state index contributed by atoms with van der Waals surface area (Å²) in [4.78, 5) is 28.3. The first-order valence-electron chi connectivity index (χ1n) is 8.05. The molecule has 1 unspecified atom stereocenters. The van der Waals surface area contributed by atoms with Crippen molar-refractivity contribution in [2.24, 2.45) is 0 Å². The van der Waals surface area contributed by atoms with Crippen LogP contribution in [-0.2, 0) is 9.59 Å². The van der Waals surface area contributed by atoms with E-state index in [0.717, 1.165) is 15.2 Å². The van der Waals surface area contributed by atoms with Gasteiger partial charge in [-0.2, -0.15) is 0 Å². The van der Waals surface area contributed by atoms with Crippen LogP contribution in [0, 0.1) is 0 Å². The molecule has 2 heterocycles. The first-order chi connectivity index (χ1) is 12.6. The Hall–Kier alpha value is -3.19. The Kier molecular flexibility index (Phi) is 4.14. The fraction of sp³-hybridized carbons (Fsp3) is 0.105. The standard InChI is InChI=1S/C19H15N3O3S/c1-11-19(24)22-14-10-12(6-7-15(14)25-11)20-17(23)8-9-18-21-13-4-2-3-5-16(13)26-18/h2-11H,1H3,(H,20,23)(H,22,24). The smallest absolute Gasteiger partial charge is 0.265 e. The minimum atomic E-state index is -0.528.